The number of carbonyl (C=O) groups excluding carboxylic acids is 1. The Morgan fingerprint density at radius 1 is 1.33 bits per heavy atom. The first-order chi connectivity index (χ1) is 10.2. The lowest BCUT2D eigenvalue weighted by molar-refractivity contribution is -0.130. The Bertz CT molecular complexity index is 463. The van der Waals surface area contributed by atoms with Crippen LogP contribution in [0, 0.1) is 11.3 Å². The van der Waals surface area contributed by atoms with Crippen LogP contribution in [-0.4, -0.2) is 31.0 Å². The van der Waals surface area contributed by atoms with Gasteiger partial charge in [-0.05, 0) is 30.5 Å². The van der Waals surface area contributed by atoms with Gasteiger partial charge in [-0.3, -0.25) is 4.79 Å². The van der Waals surface area contributed by atoms with Gasteiger partial charge in [0.15, 0.2) is 0 Å². The Labute approximate surface area is 127 Å². The van der Waals surface area contributed by atoms with Crippen LogP contribution in [0.25, 0.3) is 0 Å². The molecule has 0 aliphatic carbocycles. The average molecular weight is 288 g/mol. The van der Waals surface area contributed by atoms with Gasteiger partial charge in [-0.25, -0.2) is 0 Å². The predicted molar refractivity (Wildman–Crippen MR) is 83.0 cm³/mol. The van der Waals surface area contributed by atoms with Gasteiger partial charge < -0.3 is 9.64 Å². The number of ether oxygens (including phenoxy) is 1. The maximum absolute atomic E-state index is 11.7. The summed E-state index contributed by atoms with van der Waals surface area (Å²) in [4.78, 5) is 13.3. The molecule has 0 unspecified atom stereocenters. The lowest BCUT2D eigenvalue weighted by Crippen LogP contribution is -2.28. The van der Waals surface area contributed by atoms with Crippen molar-refractivity contribution >= 4 is 5.91 Å². The molecule has 0 saturated heterocycles. The van der Waals surface area contributed by atoms with E-state index in [1.165, 1.54) is 18.4 Å². The molecule has 0 N–H and O–H groups in total. The summed E-state index contributed by atoms with van der Waals surface area (Å²) < 4.78 is 5.58. The van der Waals surface area contributed by atoms with E-state index in [1.54, 1.807) is 11.9 Å². The minimum atomic E-state index is 0.00446. The molecule has 0 bridgehead atoms. The number of hydrogen-bond donors (Lipinski definition) is 0. The van der Waals surface area contributed by atoms with Crippen molar-refractivity contribution in [2.75, 3.05) is 20.2 Å². The highest BCUT2D eigenvalue weighted by molar-refractivity contribution is 5.75. The number of unbranched alkanes of at least 4 members (excludes halogenated alkanes) is 1. The Hall–Kier alpha value is -2.02. The van der Waals surface area contributed by atoms with Crippen molar-refractivity contribution in [2.24, 2.45) is 0 Å². The molecule has 1 aromatic rings. The van der Waals surface area contributed by atoms with Crippen LogP contribution in [0.1, 0.15) is 38.2 Å². The van der Waals surface area contributed by atoms with E-state index in [0.29, 0.717) is 26.0 Å². The highest BCUT2D eigenvalue weighted by Gasteiger charge is 2.08. The van der Waals surface area contributed by atoms with Crippen molar-refractivity contribution in [3.63, 3.8) is 0 Å². The summed E-state index contributed by atoms with van der Waals surface area (Å²) in [5.41, 5.74) is 1.32. The Morgan fingerprint density at radius 3 is 2.67 bits per heavy atom. The molecule has 0 aromatic heterocycles. The zero-order valence-electron chi connectivity index (χ0n) is 13.0. The van der Waals surface area contributed by atoms with E-state index >= 15 is 0 Å². The fraction of sp³-hybridized carbons (Fsp3) is 0.529. The van der Waals surface area contributed by atoms with Crippen LogP contribution in [0.4, 0.5) is 0 Å². The van der Waals surface area contributed by atoms with Crippen molar-refractivity contribution in [1.29, 1.82) is 5.26 Å². The van der Waals surface area contributed by atoms with E-state index in [9.17, 15) is 4.79 Å². The molecule has 0 aliphatic rings. The standard InChI is InChI=1S/C17H24N2O2/c1-3-4-6-15-7-9-16(10-8-15)21-14-11-17(20)19(2)13-5-12-18/h7-10H,3-6,11,13-14H2,1-2H3. The van der Waals surface area contributed by atoms with Gasteiger partial charge in [-0.2, -0.15) is 5.26 Å². The number of carbonyl (C=O) groups is 1. The second kappa shape index (κ2) is 9.82. The first-order valence-electron chi connectivity index (χ1n) is 7.50. The van der Waals surface area contributed by atoms with Crippen LogP contribution < -0.4 is 4.74 Å². The molecular weight excluding hydrogens is 264 g/mol. The first-order valence-corrected chi connectivity index (χ1v) is 7.50. The molecule has 1 aromatic carbocycles. The van der Waals surface area contributed by atoms with Gasteiger partial charge in [0.1, 0.15) is 5.75 Å². The molecule has 0 atom stereocenters. The van der Waals surface area contributed by atoms with Crippen LogP contribution >= 0.6 is 0 Å². The number of nitriles is 1. The number of hydrogen-bond acceptors (Lipinski definition) is 3. The monoisotopic (exact) mass is 288 g/mol. The lowest BCUT2D eigenvalue weighted by Gasteiger charge is -2.15. The zero-order chi connectivity index (χ0) is 15.5. The third kappa shape index (κ3) is 6.80. The molecular formula is C17H24N2O2. The second-order valence-electron chi connectivity index (χ2n) is 5.07. The summed E-state index contributed by atoms with van der Waals surface area (Å²) in [6, 6.07) is 10.1. The number of benzene rings is 1. The largest absolute Gasteiger partial charge is 0.493 e. The van der Waals surface area contributed by atoms with Crippen molar-refractivity contribution in [3.8, 4) is 11.8 Å². The minimum Gasteiger partial charge on any atom is -0.493 e. The van der Waals surface area contributed by atoms with E-state index < -0.39 is 0 Å². The van der Waals surface area contributed by atoms with Gasteiger partial charge in [0.2, 0.25) is 5.91 Å². The predicted octanol–water partition coefficient (Wildman–Crippen LogP) is 3.17. The average Bonchev–Trinajstić information content (AvgIpc) is 2.51. The smallest absolute Gasteiger partial charge is 0.225 e. The summed E-state index contributed by atoms with van der Waals surface area (Å²) in [5, 5.41) is 8.49. The third-order valence-electron chi connectivity index (χ3n) is 3.31. The number of nitrogens with zero attached hydrogens (tertiary/aromatic N) is 2. The summed E-state index contributed by atoms with van der Waals surface area (Å²) in [7, 11) is 1.71. The number of aryl methyl sites for hydroxylation is 1. The Kier molecular flexibility index (Phi) is 7.96. The van der Waals surface area contributed by atoms with Gasteiger partial charge in [0, 0.05) is 13.6 Å². The topological polar surface area (TPSA) is 53.3 Å². The molecule has 4 heteroatoms. The van der Waals surface area contributed by atoms with E-state index in [2.05, 4.69) is 19.1 Å². The molecule has 0 fully saturated rings. The number of rotatable bonds is 9. The molecule has 0 aliphatic heterocycles. The molecule has 4 nitrogen and oxygen atoms in total. The zero-order valence-corrected chi connectivity index (χ0v) is 13.0. The fourth-order valence-electron chi connectivity index (χ4n) is 1.92. The SMILES string of the molecule is CCCCc1ccc(OCCC(=O)N(C)CCC#N)cc1. The van der Waals surface area contributed by atoms with Crippen molar-refractivity contribution in [2.45, 2.75) is 39.0 Å². The highest BCUT2D eigenvalue weighted by Crippen LogP contribution is 2.14. The quantitative estimate of drug-likeness (QED) is 0.701. The Balaban J connectivity index is 2.29. The second-order valence-corrected chi connectivity index (χ2v) is 5.07. The molecule has 1 amide bonds. The molecule has 0 radical (unpaired) electrons. The van der Waals surface area contributed by atoms with Crippen LogP contribution in [0.5, 0.6) is 5.75 Å². The summed E-state index contributed by atoms with van der Waals surface area (Å²) in [5.74, 6) is 0.799. The van der Waals surface area contributed by atoms with E-state index in [4.69, 9.17) is 10.00 Å². The van der Waals surface area contributed by atoms with Crippen molar-refractivity contribution in [3.05, 3.63) is 29.8 Å². The number of amides is 1. The normalized spacial score (nSPS) is 9.95. The van der Waals surface area contributed by atoms with Crippen molar-refractivity contribution in [1.82, 2.24) is 4.90 Å². The molecule has 0 heterocycles. The molecule has 0 spiro atoms. The van der Waals surface area contributed by atoms with Gasteiger partial charge in [0.25, 0.3) is 0 Å². The maximum Gasteiger partial charge on any atom is 0.225 e. The lowest BCUT2D eigenvalue weighted by atomic mass is 10.1. The van der Waals surface area contributed by atoms with Gasteiger partial charge >= 0.3 is 0 Å². The van der Waals surface area contributed by atoms with Gasteiger partial charge in [-0.15, -0.1) is 0 Å². The fourth-order valence-corrected chi connectivity index (χ4v) is 1.92. The highest BCUT2D eigenvalue weighted by atomic mass is 16.5. The van der Waals surface area contributed by atoms with Crippen molar-refractivity contribution < 1.29 is 9.53 Å². The van der Waals surface area contributed by atoms with E-state index in [1.807, 2.05) is 18.2 Å². The molecule has 1 rings (SSSR count). The maximum atomic E-state index is 11.7. The van der Waals surface area contributed by atoms with E-state index in [0.717, 1.165) is 12.2 Å². The summed E-state index contributed by atoms with van der Waals surface area (Å²) >= 11 is 0. The van der Waals surface area contributed by atoms with Crippen LogP contribution in [0.3, 0.4) is 0 Å². The molecule has 114 valence electrons. The van der Waals surface area contributed by atoms with Crippen LogP contribution in [0.15, 0.2) is 24.3 Å². The third-order valence-corrected chi connectivity index (χ3v) is 3.31. The molecule has 0 saturated carbocycles. The first kappa shape index (κ1) is 17.0. The Morgan fingerprint density at radius 2 is 2.05 bits per heavy atom. The van der Waals surface area contributed by atoms with Gasteiger partial charge in [0.05, 0.1) is 25.5 Å². The van der Waals surface area contributed by atoms with Crippen LogP contribution in [0.2, 0.25) is 0 Å². The van der Waals surface area contributed by atoms with E-state index in [-0.39, 0.29) is 5.91 Å². The van der Waals surface area contributed by atoms with Crippen LogP contribution in [-0.2, 0) is 11.2 Å². The summed E-state index contributed by atoms with van der Waals surface area (Å²) in [6.45, 7) is 3.02. The molecule has 21 heavy (non-hydrogen) atoms. The summed E-state index contributed by atoms with van der Waals surface area (Å²) in [6.07, 6.45) is 4.18. The minimum absolute atomic E-state index is 0.00446. The van der Waals surface area contributed by atoms with Gasteiger partial charge in [-0.1, -0.05) is 25.5 Å².